The Morgan fingerprint density at radius 3 is 2.73 bits per heavy atom. The predicted octanol–water partition coefficient (Wildman–Crippen LogP) is 5.15. The van der Waals surface area contributed by atoms with E-state index in [4.69, 9.17) is 15.0 Å². The molecule has 1 atom stereocenters. The van der Waals surface area contributed by atoms with Crippen LogP contribution in [0.25, 0.3) is 0 Å². The molecule has 0 radical (unpaired) electrons. The third-order valence-corrected chi connectivity index (χ3v) is 6.46. The maximum atomic E-state index is 8.92. The van der Waals surface area contributed by atoms with Gasteiger partial charge in [-0.2, -0.15) is 5.26 Å². The maximum Gasteiger partial charge on any atom is 0.227 e. The van der Waals surface area contributed by atoms with Crippen molar-refractivity contribution in [2.45, 2.75) is 57.2 Å². The Bertz CT molecular complexity index is 1120. The van der Waals surface area contributed by atoms with Crippen molar-refractivity contribution in [3.8, 4) is 11.8 Å². The van der Waals surface area contributed by atoms with Crippen LogP contribution in [0.4, 0.5) is 11.6 Å². The van der Waals surface area contributed by atoms with Crippen LogP contribution in [0.2, 0.25) is 0 Å². The summed E-state index contributed by atoms with van der Waals surface area (Å²) in [6.45, 7) is 1.88. The Hall–Kier alpha value is -3.50. The van der Waals surface area contributed by atoms with Gasteiger partial charge in [0.05, 0.1) is 29.7 Å². The molecule has 2 aliphatic rings. The van der Waals surface area contributed by atoms with Crippen molar-refractivity contribution in [1.29, 1.82) is 5.26 Å². The van der Waals surface area contributed by atoms with Crippen LogP contribution in [-0.2, 0) is 6.54 Å². The first-order valence-corrected chi connectivity index (χ1v) is 11.7. The molecule has 1 saturated carbocycles. The Balaban J connectivity index is 1.30. The van der Waals surface area contributed by atoms with Crippen molar-refractivity contribution < 1.29 is 4.74 Å². The van der Waals surface area contributed by atoms with Crippen LogP contribution in [0, 0.1) is 11.3 Å². The molecule has 5 rings (SSSR count). The summed E-state index contributed by atoms with van der Waals surface area (Å²) < 4.78 is 6.37. The third-order valence-electron chi connectivity index (χ3n) is 6.46. The van der Waals surface area contributed by atoms with Gasteiger partial charge in [0.25, 0.3) is 0 Å². The Morgan fingerprint density at radius 2 is 1.91 bits per heavy atom. The lowest BCUT2D eigenvalue weighted by Gasteiger charge is -2.26. The summed E-state index contributed by atoms with van der Waals surface area (Å²) in [6, 6.07) is 16.2. The van der Waals surface area contributed by atoms with Gasteiger partial charge in [0, 0.05) is 18.3 Å². The number of likely N-dealkylation sites (tertiary alicyclic amines) is 1. The molecule has 7 nitrogen and oxygen atoms in total. The second kappa shape index (κ2) is 9.97. The molecule has 2 aromatic heterocycles. The molecule has 0 unspecified atom stereocenters. The van der Waals surface area contributed by atoms with Gasteiger partial charge in [0.1, 0.15) is 17.5 Å². The molecule has 1 aromatic carbocycles. The summed E-state index contributed by atoms with van der Waals surface area (Å²) in [4.78, 5) is 15.8. The van der Waals surface area contributed by atoms with Gasteiger partial charge in [-0.15, -0.1) is 0 Å². The van der Waals surface area contributed by atoms with E-state index in [1.807, 2.05) is 18.2 Å². The van der Waals surface area contributed by atoms with Crippen LogP contribution in [0.5, 0.6) is 5.75 Å². The standard InChI is InChI=1S/C26H28N6O/c27-16-20-11-12-21(17-29-20)30-26-28-14-13-23(31-26)24-9-5-15-32(24)18-19-6-1-4-10-25(19)33-22-7-2-3-8-22/h1,4,6,10-14,17,22,24H,2-3,5,7-9,15,18H2,(H,28,30,31)/t24-/m0/s1. The molecule has 0 amide bonds. The van der Waals surface area contributed by atoms with Crippen molar-refractivity contribution in [2.75, 3.05) is 11.9 Å². The third kappa shape index (κ3) is 5.12. The molecule has 1 saturated heterocycles. The molecule has 2 fully saturated rings. The second-order valence-electron chi connectivity index (χ2n) is 8.73. The van der Waals surface area contributed by atoms with Gasteiger partial charge in [-0.3, -0.25) is 4.90 Å². The number of hydrogen-bond acceptors (Lipinski definition) is 7. The monoisotopic (exact) mass is 440 g/mol. The summed E-state index contributed by atoms with van der Waals surface area (Å²) in [7, 11) is 0. The fraction of sp³-hybridized carbons (Fsp3) is 0.385. The highest BCUT2D eigenvalue weighted by Crippen LogP contribution is 2.35. The van der Waals surface area contributed by atoms with E-state index in [-0.39, 0.29) is 6.04 Å². The highest BCUT2D eigenvalue weighted by atomic mass is 16.5. The van der Waals surface area contributed by atoms with E-state index >= 15 is 0 Å². The number of para-hydroxylation sites is 1. The molecule has 3 aromatic rings. The van der Waals surface area contributed by atoms with E-state index < -0.39 is 0 Å². The van der Waals surface area contributed by atoms with Crippen LogP contribution >= 0.6 is 0 Å². The topological polar surface area (TPSA) is 87.0 Å². The molecule has 1 N–H and O–H groups in total. The van der Waals surface area contributed by atoms with E-state index in [0.29, 0.717) is 17.7 Å². The molecule has 0 bridgehead atoms. The number of anilines is 2. The minimum atomic E-state index is 0.243. The maximum absolute atomic E-state index is 8.92. The van der Waals surface area contributed by atoms with E-state index in [1.165, 1.54) is 18.4 Å². The van der Waals surface area contributed by atoms with Crippen molar-refractivity contribution in [3.63, 3.8) is 0 Å². The number of nitriles is 1. The molecule has 168 valence electrons. The first kappa shape index (κ1) is 21.4. The van der Waals surface area contributed by atoms with Gasteiger partial charge in [-0.05, 0) is 69.3 Å². The van der Waals surface area contributed by atoms with Gasteiger partial charge in [0.15, 0.2) is 0 Å². The van der Waals surface area contributed by atoms with Crippen LogP contribution in [0.3, 0.4) is 0 Å². The van der Waals surface area contributed by atoms with E-state index in [9.17, 15) is 0 Å². The Kier molecular flexibility index (Phi) is 6.45. The Morgan fingerprint density at radius 1 is 1.03 bits per heavy atom. The molecular formula is C26H28N6O. The molecule has 33 heavy (non-hydrogen) atoms. The minimum Gasteiger partial charge on any atom is -0.490 e. The quantitative estimate of drug-likeness (QED) is 0.544. The molecule has 3 heterocycles. The highest BCUT2D eigenvalue weighted by molar-refractivity contribution is 5.52. The van der Waals surface area contributed by atoms with E-state index in [1.54, 1.807) is 18.5 Å². The fourth-order valence-corrected chi connectivity index (χ4v) is 4.79. The number of ether oxygens (including phenoxy) is 1. The van der Waals surface area contributed by atoms with Crippen LogP contribution in [0.1, 0.15) is 61.5 Å². The van der Waals surface area contributed by atoms with Gasteiger partial charge in [0.2, 0.25) is 5.95 Å². The molecule has 1 aliphatic heterocycles. The van der Waals surface area contributed by atoms with Crippen LogP contribution in [-0.4, -0.2) is 32.5 Å². The number of hydrogen-bond donors (Lipinski definition) is 1. The lowest BCUT2D eigenvalue weighted by atomic mass is 10.1. The number of benzene rings is 1. The zero-order valence-corrected chi connectivity index (χ0v) is 18.7. The number of nitrogens with zero attached hydrogens (tertiary/aromatic N) is 5. The van der Waals surface area contributed by atoms with Crippen LogP contribution < -0.4 is 10.1 Å². The fourth-order valence-electron chi connectivity index (χ4n) is 4.79. The summed E-state index contributed by atoms with van der Waals surface area (Å²) in [5.74, 6) is 1.56. The SMILES string of the molecule is N#Cc1ccc(Nc2nccc([C@@H]3CCCN3Cc3ccccc3OC3CCCC3)n2)cn1. The predicted molar refractivity (Wildman–Crippen MR) is 126 cm³/mol. The molecule has 0 spiro atoms. The number of rotatable bonds is 7. The van der Waals surface area contributed by atoms with Crippen molar-refractivity contribution >= 4 is 11.6 Å². The zero-order valence-electron chi connectivity index (χ0n) is 18.7. The first-order valence-electron chi connectivity index (χ1n) is 11.7. The molecule has 1 aliphatic carbocycles. The molecular weight excluding hydrogens is 412 g/mol. The minimum absolute atomic E-state index is 0.243. The van der Waals surface area contributed by atoms with Crippen molar-refractivity contribution in [2.24, 2.45) is 0 Å². The summed E-state index contributed by atoms with van der Waals surface area (Å²) in [6.07, 6.45) is 10.8. The zero-order chi connectivity index (χ0) is 22.5. The van der Waals surface area contributed by atoms with Gasteiger partial charge >= 0.3 is 0 Å². The van der Waals surface area contributed by atoms with E-state index in [2.05, 4.69) is 44.5 Å². The van der Waals surface area contributed by atoms with Gasteiger partial charge in [-0.1, -0.05) is 18.2 Å². The summed E-state index contributed by atoms with van der Waals surface area (Å²) in [5, 5.41) is 12.1. The average Bonchev–Trinajstić information content (AvgIpc) is 3.53. The Labute approximate surface area is 194 Å². The normalized spacial score (nSPS) is 18.8. The average molecular weight is 441 g/mol. The summed E-state index contributed by atoms with van der Waals surface area (Å²) in [5.41, 5.74) is 3.40. The lowest BCUT2D eigenvalue weighted by Crippen LogP contribution is -2.24. The van der Waals surface area contributed by atoms with Crippen molar-refractivity contribution in [1.82, 2.24) is 19.9 Å². The van der Waals surface area contributed by atoms with Gasteiger partial charge < -0.3 is 10.1 Å². The van der Waals surface area contributed by atoms with Crippen molar-refractivity contribution in [3.05, 3.63) is 71.8 Å². The van der Waals surface area contributed by atoms with E-state index in [0.717, 1.165) is 55.9 Å². The molecule has 7 heteroatoms. The summed E-state index contributed by atoms with van der Waals surface area (Å²) >= 11 is 0. The second-order valence-corrected chi connectivity index (χ2v) is 8.73. The smallest absolute Gasteiger partial charge is 0.227 e. The first-order chi connectivity index (χ1) is 16.3. The van der Waals surface area contributed by atoms with Gasteiger partial charge in [-0.25, -0.2) is 15.0 Å². The number of pyridine rings is 1. The highest BCUT2D eigenvalue weighted by Gasteiger charge is 2.28. The largest absolute Gasteiger partial charge is 0.490 e. The number of nitrogens with one attached hydrogen (secondary N) is 1. The number of aromatic nitrogens is 3. The lowest BCUT2D eigenvalue weighted by molar-refractivity contribution is 0.198. The van der Waals surface area contributed by atoms with Crippen LogP contribution in [0.15, 0.2) is 54.9 Å².